The number of benzene rings is 6. The Morgan fingerprint density at radius 2 is 0.750 bits per heavy atom. The Kier molecular flexibility index (Phi) is 6.53. The van der Waals surface area contributed by atoms with Gasteiger partial charge in [-0.2, -0.15) is 0 Å². The molecule has 0 radical (unpaired) electrons. The molecule has 0 spiro atoms. The van der Waals surface area contributed by atoms with Gasteiger partial charge in [-0.3, -0.25) is 0 Å². The van der Waals surface area contributed by atoms with Gasteiger partial charge in [0.15, 0.2) is 0 Å². The molecule has 0 atom stereocenters. The lowest BCUT2D eigenvalue weighted by Gasteiger charge is -2.10. The van der Waals surface area contributed by atoms with E-state index in [-0.39, 0.29) is 0 Å². The molecule has 0 aliphatic rings. The molecular formula is C32H22O2S2. The van der Waals surface area contributed by atoms with Crippen molar-refractivity contribution in [2.75, 3.05) is 0 Å². The predicted octanol–water partition coefficient (Wildman–Crippen LogP) is 10.4. The number of hydrogen-bond acceptors (Lipinski definition) is 4. The topological polar surface area (TPSA) is 18.5 Å². The fourth-order valence-electron chi connectivity index (χ4n) is 4.05. The van der Waals surface area contributed by atoms with Crippen LogP contribution in [0, 0.1) is 0 Å². The van der Waals surface area contributed by atoms with Crippen LogP contribution in [0.5, 0.6) is 23.0 Å². The molecule has 0 aromatic heterocycles. The monoisotopic (exact) mass is 502 g/mol. The van der Waals surface area contributed by atoms with Gasteiger partial charge in [-0.1, -0.05) is 94.4 Å². The van der Waals surface area contributed by atoms with Gasteiger partial charge in [0.1, 0.15) is 23.0 Å². The van der Waals surface area contributed by atoms with Gasteiger partial charge >= 0.3 is 0 Å². The molecule has 0 bridgehead atoms. The number of fused-ring (bicyclic) bond motifs is 2. The molecule has 0 unspecified atom stereocenters. The fourth-order valence-corrected chi connectivity index (χ4v) is 5.98. The first kappa shape index (κ1) is 22.6. The molecule has 2 nitrogen and oxygen atoms in total. The highest BCUT2D eigenvalue weighted by molar-refractivity contribution is 8.76. The van der Waals surface area contributed by atoms with Crippen molar-refractivity contribution in [3.63, 3.8) is 0 Å². The maximum absolute atomic E-state index is 6.17. The molecule has 6 aromatic rings. The van der Waals surface area contributed by atoms with Gasteiger partial charge < -0.3 is 9.47 Å². The highest BCUT2D eigenvalue weighted by Gasteiger charge is 2.06. The van der Waals surface area contributed by atoms with Crippen LogP contribution in [-0.4, -0.2) is 0 Å². The molecule has 0 aliphatic carbocycles. The quantitative estimate of drug-likeness (QED) is 0.202. The summed E-state index contributed by atoms with van der Waals surface area (Å²) in [5, 5.41) is 4.57. The van der Waals surface area contributed by atoms with Crippen molar-refractivity contribution in [3.8, 4) is 23.0 Å². The summed E-state index contributed by atoms with van der Waals surface area (Å²) in [6.45, 7) is 0. The Hall–Kier alpha value is -3.86. The highest BCUT2D eigenvalue weighted by Crippen LogP contribution is 2.39. The Morgan fingerprint density at radius 3 is 1.19 bits per heavy atom. The molecule has 6 rings (SSSR count). The minimum Gasteiger partial charge on any atom is -0.457 e. The van der Waals surface area contributed by atoms with Crippen molar-refractivity contribution in [2.45, 2.75) is 9.79 Å². The van der Waals surface area contributed by atoms with E-state index in [0.29, 0.717) is 0 Å². The third-order valence-electron chi connectivity index (χ3n) is 5.84. The third-order valence-corrected chi connectivity index (χ3v) is 8.25. The molecule has 4 heteroatoms. The smallest absolute Gasteiger partial charge is 0.135 e. The van der Waals surface area contributed by atoms with Crippen LogP contribution in [0.4, 0.5) is 0 Å². The van der Waals surface area contributed by atoms with Crippen molar-refractivity contribution >= 4 is 43.1 Å². The van der Waals surface area contributed by atoms with Gasteiger partial charge in [-0.25, -0.2) is 0 Å². The zero-order valence-corrected chi connectivity index (χ0v) is 21.0. The molecule has 0 N–H and O–H groups in total. The lowest BCUT2D eigenvalue weighted by atomic mass is 10.1. The van der Waals surface area contributed by atoms with Gasteiger partial charge in [0, 0.05) is 20.6 Å². The first-order chi connectivity index (χ1) is 17.8. The second-order valence-electron chi connectivity index (χ2n) is 8.27. The SMILES string of the molecule is c1ccc2c(Oc3ccc(SSc4ccc(Oc5cccc6ccccc56)cc4)cc3)cccc2c1. The van der Waals surface area contributed by atoms with E-state index in [4.69, 9.17) is 9.47 Å². The summed E-state index contributed by atoms with van der Waals surface area (Å²) in [6.07, 6.45) is 0. The Morgan fingerprint density at radius 1 is 0.361 bits per heavy atom. The molecular weight excluding hydrogens is 480 g/mol. The van der Waals surface area contributed by atoms with Gasteiger partial charge in [0.25, 0.3) is 0 Å². The second-order valence-corrected chi connectivity index (χ2v) is 10.5. The van der Waals surface area contributed by atoms with E-state index in [1.54, 1.807) is 21.6 Å². The van der Waals surface area contributed by atoms with Crippen molar-refractivity contribution in [3.05, 3.63) is 133 Å². The largest absolute Gasteiger partial charge is 0.457 e. The minimum absolute atomic E-state index is 0.829. The summed E-state index contributed by atoms with van der Waals surface area (Å²) >= 11 is 0. The van der Waals surface area contributed by atoms with Crippen molar-refractivity contribution in [2.24, 2.45) is 0 Å². The van der Waals surface area contributed by atoms with Gasteiger partial charge in [-0.15, -0.1) is 0 Å². The van der Waals surface area contributed by atoms with Crippen LogP contribution >= 0.6 is 21.6 Å². The predicted molar refractivity (Wildman–Crippen MR) is 153 cm³/mol. The van der Waals surface area contributed by atoms with E-state index in [1.165, 1.54) is 20.6 Å². The van der Waals surface area contributed by atoms with Gasteiger partial charge in [0.2, 0.25) is 0 Å². The molecule has 0 amide bonds. The van der Waals surface area contributed by atoms with E-state index in [9.17, 15) is 0 Å². The van der Waals surface area contributed by atoms with Crippen LogP contribution in [0.15, 0.2) is 143 Å². The summed E-state index contributed by atoms with van der Waals surface area (Å²) < 4.78 is 12.3. The Balaban J connectivity index is 1.08. The number of hydrogen-bond donors (Lipinski definition) is 0. The summed E-state index contributed by atoms with van der Waals surface area (Å²) in [5.41, 5.74) is 0. The fraction of sp³-hybridized carbons (Fsp3) is 0. The average molecular weight is 503 g/mol. The molecule has 0 aliphatic heterocycles. The zero-order chi connectivity index (χ0) is 24.2. The number of ether oxygens (including phenoxy) is 2. The lowest BCUT2D eigenvalue weighted by Crippen LogP contribution is -1.86. The lowest BCUT2D eigenvalue weighted by molar-refractivity contribution is 0.487. The summed E-state index contributed by atoms with van der Waals surface area (Å²) in [5.74, 6) is 3.40. The van der Waals surface area contributed by atoms with E-state index in [2.05, 4.69) is 60.7 Å². The zero-order valence-electron chi connectivity index (χ0n) is 19.3. The maximum Gasteiger partial charge on any atom is 0.135 e. The molecule has 0 heterocycles. The van der Waals surface area contributed by atoms with Crippen LogP contribution in [-0.2, 0) is 0 Å². The van der Waals surface area contributed by atoms with Gasteiger partial charge in [-0.05, 0) is 71.4 Å². The highest BCUT2D eigenvalue weighted by atomic mass is 33.1. The first-order valence-electron chi connectivity index (χ1n) is 11.7. The molecule has 174 valence electrons. The van der Waals surface area contributed by atoms with E-state index < -0.39 is 0 Å². The van der Waals surface area contributed by atoms with Crippen molar-refractivity contribution < 1.29 is 9.47 Å². The maximum atomic E-state index is 6.17. The molecule has 0 saturated heterocycles. The minimum atomic E-state index is 0.829. The van der Waals surface area contributed by atoms with Crippen LogP contribution in [0.25, 0.3) is 21.5 Å². The third kappa shape index (κ3) is 5.06. The van der Waals surface area contributed by atoms with Crippen molar-refractivity contribution in [1.29, 1.82) is 0 Å². The Labute approximate surface area is 218 Å². The summed E-state index contributed by atoms with van der Waals surface area (Å²) in [7, 11) is 3.45. The normalized spacial score (nSPS) is 11.0. The molecule has 0 fully saturated rings. The molecule has 36 heavy (non-hydrogen) atoms. The van der Waals surface area contributed by atoms with Crippen LogP contribution in [0.3, 0.4) is 0 Å². The van der Waals surface area contributed by atoms with Crippen molar-refractivity contribution in [1.82, 2.24) is 0 Å². The van der Waals surface area contributed by atoms with E-state index in [0.717, 1.165) is 33.8 Å². The van der Waals surface area contributed by atoms with Crippen LogP contribution in [0.1, 0.15) is 0 Å². The van der Waals surface area contributed by atoms with Gasteiger partial charge in [0.05, 0.1) is 0 Å². The molecule has 6 aromatic carbocycles. The summed E-state index contributed by atoms with van der Waals surface area (Å²) in [6, 6.07) is 45.2. The summed E-state index contributed by atoms with van der Waals surface area (Å²) in [4.78, 5) is 2.34. The average Bonchev–Trinajstić information content (AvgIpc) is 2.94. The van der Waals surface area contributed by atoms with E-state index in [1.807, 2.05) is 72.8 Å². The Bertz CT molecular complexity index is 1490. The molecule has 0 saturated carbocycles. The standard InChI is InChI=1S/C32H22O2S2/c1-3-11-29-23(7-1)9-5-13-31(29)33-25-15-19-27(20-16-25)35-36-28-21-17-26(18-22-28)34-32-14-6-10-24-8-2-4-12-30(24)32/h1-22H. The second kappa shape index (κ2) is 10.4. The number of rotatable bonds is 7. The van der Waals surface area contributed by atoms with Crippen LogP contribution in [0.2, 0.25) is 0 Å². The first-order valence-corrected chi connectivity index (χ1v) is 13.8. The van der Waals surface area contributed by atoms with E-state index >= 15 is 0 Å². The van der Waals surface area contributed by atoms with Crippen LogP contribution < -0.4 is 9.47 Å².